The smallest absolute Gasteiger partial charge is 0.266 e. The van der Waals surface area contributed by atoms with Crippen molar-refractivity contribution in [3.05, 3.63) is 58.0 Å². The molecule has 1 aromatic heterocycles. The Balaban J connectivity index is 2.23. The van der Waals surface area contributed by atoms with Gasteiger partial charge in [0.05, 0.1) is 22.0 Å². The van der Waals surface area contributed by atoms with Crippen LogP contribution in [0.2, 0.25) is 10.0 Å². The van der Waals surface area contributed by atoms with Gasteiger partial charge in [-0.15, -0.1) is 0 Å². The second-order valence-electron chi connectivity index (χ2n) is 3.74. The summed E-state index contributed by atoms with van der Waals surface area (Å²) in [5.41, 5.74) is 0.237. The number of nitrogens with zero attached hydrogens (tertiary/aromatic N) is 1. The number of hydrogen-bond acceptors (Lipinski definition) is 3. The lowest BCUT2D eigenvalue weighted by molar-refractivity contribution is -0.112. The quantitative estimate of drug-likeness (QED) is 0.685. The maximum Gasteiger partial charge on any atom is 0.266 e. The van der Waals surface area contributed by atoms with Gasteiger partial charge in [-0.05, 0) is 24.3 Å². The van der Waals surface area contributed by atoms with Crippen molar-refractivity contribution in [3.8, 4) is 6.07 Å². The van der Waals surface area contributed by atoms with Crippen molar-refractivity contribution in [1.82, 2.24) is 0 Å². The molecule has 0 saturated carbocycles. The molecule has 0 radical (unpaired) electrons. The molecule has 4 nitrogen and oxygen atoms in total. The number of benzene rings is 1. The summed E-state index contributed by atoms with van der Waals surface area (Å²) in [6, 6.07) is 9.94. The van der Waals surface area contributed by atoms with Gasteiger partial charge in [0.25, 0.3) is 5.91 Å². The van der Waals surface area contributed by atoms with Crippen molar-refractivity contribution < 1.29 is 9.21 Å². The van der Waals surface area contributed by atoms with Crippen LogP contribution < -0.4 is 5.32 Å². The Bertz CT molecular complexity index is 700. The maximum atomic E-state index is 12.0. The number of nitriles is 1. The van der Waals surface area contributed by atoms with Crippen LogP contribution in [-0.2, 0) is 4.79 Å². The van der Waals surface area contributed by atoms with Gasteiger partial charge >= 0.3 is 0 Å². The highest BCUT2D eigenvalue weighted by molar-refractivity contribution is 6.44. The summed E-state index contributed by atoms with van der Waals surface area (Å²) >= 11 is 11.8. The SMILES string of the molecule is N#CC(=Cc1ccco1)C(=O)Nc1cccc(Cl)c1Cl. The minimum Gasteiger partial charge on any atom is -0.465 e. The monoisotopic (exact) mass is 306 g/mol. The molecule has 0 saturated heterocycles. The van der Waals surface area contributed by atoms with E-state index in [1.807, 2.05) is 6.07 Å². The number of hydrogen-bond donors (Lipinski definition) is 1. The van der Waals surface area contributed by atoms with Crippen LogP contribution >= 0.6 is 23.2 Å². The van der Waals surface area contributed by atoms with Crippen LogP contribution in [0.25, 0.3) is 6.08 Å². The van der Waals surface area contributed by atoms with E-state index in [9.17, 15) is 4.79 Å². The molecule has 2 rings (SSSR count). The number of halogens is 2. The molecule has 2 aromatic rings. The number of furan rings is 1. The van der Waals surface area contributed by atoms with Crippen molar-refractivity contribution in [2.45, 2.75) is 0 Å². The molecule has 0 atom stereocenters. The molecule has 1 N–H and O–H groups in total. The predicted molar refractivity (Wildman–Crippen MR) is 77.4 cm³/mol. The fourth-order valence-electron chi connectivity index (χ4n) is 1.45. The Morgan fingerprint density at radius 1 is 1.30 bits per heavy atom. The van der Waals surface area contributed by atoms with Gasteiger partial charge in [0.1, 0.15) is 17.4 Å². The third-order valence-electron chi connectivity index (χ3n) is 2.39. The summed E-state index contributed by atoms with van der Waals surface area (Å²) in [5, 5.41) is 12.1. The van der Waals surface area contributed by atoms with E-state index in [0.717, 1.165) is 0 Å². The lowest BCUT2D eigenvalue weighted by Crippen LogP contribution is -2.13. The van der Waals surface area contributed by atoms with Crippen LogP contribution in [0.4, 0.5) is 5.69 Å². The second-order valence-corrected chi connectivity index (χ2v) is 4.53. The highest BCUT2D eigenvalue weighted by Crippen LogP contribution is 2.29. The molecular formula is C14H8Cl2N2O2. The minimum atomic E-state index is -0.590. The van der Waals surface area contributed by atoms with Gasteiger partial charge in [-0.1, -0.05) is 29.3 Å². The first kappa shape index (κ1) is 14.2. The fraction of sp³-hybridized carbons (Fsp3) is 0. The Morgan fingerprint density at radius 3 is 2.75 bits per heavy atom. The molecule has 0 spiro atoms. The number of nitrogens with one attached hydrogen (secondary N) is 1. The molecule has 0 bridgehead atoms. The Morgan fingerprint density at radius 2 is 2.10 bits per heavy atom. The molecular weight excluding hydrogens is 299 g/mol. The standard InChI is InChI=1S/C14H8Cl2N2O2/c15-11-4-1-5-12(13(11)16)18-14(19)9(8-17)7-10-3-2-6-20-10/h1-7H,(H,18,19). The third kappa shape index (κ3) is 3.21. The Hall–Kier alpha value is -2.22. The average Bonchev–Trinajstić information content (AvgIpc) is 2.94. The topological polar surface area (TPSA) is 66.0 Å². The summed E-state index contributed by atoms with van der Waals surface area (Å²) in [6.07, 6.45) is 2.79. The summed E-state index contributed by atoms with van der Waals surface area (Å²) < 4.78 is 5.05. The van der Waals surface area contributed by atoms with Gasteiger partial charge in [-0.2, -0.15) is 5.26 Å². The largest absolute Gasteiger partial charge is 0.465 e. The van der Waals surface area contributed by atoms with Crippen molar-refractivity contribution in [2.24, 2.45) is 0 Å². The van der Waals surface area contributed by atoms with Crippen LogP contribution in [0.3, 0.4) is 0 Å². The number of anilines is 1. The first-order chi connectivity index (χ1) is 9.61. The van der Waals surface area contributed by atoms with Gasteiger partial charge in [0.2, 0.25) is 0 Å². The first-order valence-corrected chi connectivity index (χ1v) is 6.28. The zero-order valence-corrected chi connectivity index (χ0v) is 11.6. The van der Waals surface area contributed by atoms with Gasteiger partial charge in [0.15, 0.2) is 0 Å². The van der Waals surface area contributed by atoms with E-state index >= 15 is 0 Å². The van der Waals surface area contributed by atoms with Gasteiger partial charge in [0, 0.05) is 6.08 Å². The second kappa shape index (κ2) is 6.29. The van der Waals surface area contributed by atoms with E-state index in [1.165, 1.54) is 12.3 Å². The van der Waals surface area contributed by atoms with Crippen molar-refractivity contribution >= 4 is 40.9 Å². The van der Waals surface area contributed by atoms with Gasteiger partial charge in [-0.3, -0.25) is 4.79 Å². The summed E-state index contributed by atoms with van der Waals surface area (Å²) in [4.78, 5) is 12.0. The van der Waals surface area contributed by atoms with Crippen LogP contribution in [0.15, 0.2) is 46.6 Å². The van der Waals surface area contributed by atoms with Crippen molar-refractivity contribution in [3.63, 3.8) is 0 Å². The highest BCUT2D eigenvalue weighted by atomic mass is 35.5. The number of carbonyl (C=O) groups excluding carboxylic acids is 1. The highest BCUT2D eigenvalue weighted by Gasteiger charge is 2.13. The lowest BCUT2D eigenvalue weighted by Gasteiger charge is -2.07. The summed E-state index contributed by atoms with van der Waals surface area (Å²) in [5.74, 6) is -0.179. The summed E-state index contributed by atoms with van der Waals surface area (Å²) in [6.45, 7) is 0. The van der Waals surface area contributed by atoms with Crippen LogP contribution in [0, 0.1) is 11.3 Å². The number of carbonyl (C=O) groups is 1. The maximum absolute atomic E-state index is 12.0. The van der Waals surface area contributed by atoms with Crippen molar-refractivity contribution in [2.75, 3.05) is 5.32 Å². The number of rotatable bonds is 3. The van der Waals surface area contributed by atoms with E-state index in [1.54, 1.807) is 30.3 Å². The van der Waals surface area contributed by atoms with Crippen LogP contribution in [0.5, 0.6) is 0 Å². The lowest BCUT2D eigenvalue weighted by atomic mass is 10.2. The van der Waals surface area contributed by atoms with Gasteiger partial charge in [-0.25, -0.2) is 0 Å². The molecule has 6 heteroatoms. The van der Waals surface area contributed by atoms with E-state index in [0.29, 0.717) is 16.5 Å². The predicted octanol–water partition coefficient (Wildman–Crippen LogP) is 4.13. The average molecular weight is 307 g/mol. The molecule has 1 aromatic carbocycles. The Kier molecular flexibility index (Phi) is 4.46. The fourth-order valence-corrected chi connectivity index (χ4v) is 1.80. The third-order valence-corrected chi connectivity index (χ3v) is 3.21. The van der Waals surface area contributed by atoms with Gasteiger partial charge < -0.3 is 9.73 Å². The van der Waals surface area contributed by atoms with E-state index < -0.39 is 5.91 Å². The Labute approximate surface area is 125 Å². The molecule has 20 heavy (non-hydrogen) atoms. The molecule has 0 unspecified atom stereocenters. The molecule has 0 aliphatic carbocycles. The molecule has 1 amide bonds. The summed E-state index contributed by atoms with van der Waals surface area (Å²) in [7, 11) is 0. The van der Waals surface area contributed by atoms with E-state index in [2.05, 4.69) is 5.32 Å². The molecule has 1 heterocycles. The zero-order chi connectivity index (χ0) is 14.5. The first-order valence-electron chi connectivity index (χ1n) is 5.52. The molecule has 0 fully saturated rings. The minimum absolute atomic E-state index is 0.101. The molecule has 0 aliphatic heterocycles. The van der Waals surface area contributed by atoms with Crippen LogP contribution in [-0.4, -0.2) is 5.91 Å². The molecule has 0 aliphatic rings. The zero-order valence-electron chi connectivity index (χ0n) is 10.1. The normalized spacial score (nSPS) is 10.9. The van der Waals surface area contributed by atoms with Crippen molar-refractivity contribution in [1.29, 1.82) is 5.26 Å². The number of amides is 1. The molecule has 100 valence electrons. The van der Waals surface area contributed by atoms with E-state index in [-0.39, 0.29) is 10.6 Å². The van der Waals surface area contributed by atoms with E-state index in [4.69, 9.17) is 32.9 Å². The van der Waals surface area contributed by atoms with Crippen LogP contribution in [0.1, 0.15) is 5.76 Å².